The van der Waals surface area contributed by atoms with Crippen molar-refractivity contribution in [1.29, 1.82) is 5.26 Å². The van der Waals surface area contributed by atoms with Crippen molar-refractivity contribution in [2.45, 2.75) is 52.0 Å². The summed E-state index contributed by atoms with van der Waals surface area (Å²) in [6.07, 6.45) is 1.24. The first-order valence-corrected chi connectivity index (χ1v) is 11.4. The Bertz CT molecular complexity index is 1310. The van der Waals surface area contributed by atoms with Gasteiger partial charge in [-0.05, 0) is 51.0 Å². The molecule has 0 aliphatic carbocycles. The standard InChI is InChI=1S/C26H27BF2N5O3/c1-25(2,36)26(3,4)37-27-18-8-5-16(6-9-18)13-31-23-22(34-19(12-30)15-32-23)24(35)33-14-17-7-10-20(28)21(29)11-17/h5-11,15,36H,13-14H2,1-4H3,(H,31,32)(H,33,35). The predicted molar refractivity (Wildman–Crippen MR) is 135 cm³/mol. The number of benzene rings is 2. The average molecular weight is 506 g/mol. The Balaban J connectivity index is 1.65. The lowest BCUT2D eigenvalue weighted by molar-refractivity contribution is -0.0893. The van der Waals surface area contributed by atoms with Gasteiger partial charge < -0.3 is 20.4 Å². The van der Waals surface area contributed by atoms with Crippen molar-refractivity contribution in [2.24, 2.45) is 0 Å². The number of amides is 1. The lowest BCUT2D eigenvalue weighted by Crippen LogP contribution is -2.49. The molecule has 0 bridgehead atoms. The normalized spacial score (nSPS) is 11.5. The number of hydrogen-bond acceptors (Lipinski definition) is 7. The quantitative estimate of drug-likeness (QED) is 0.362. The fourth-order valence-electron chi connectivity index (χ4n) is 2.91. The summed E-state index contributed by atoms with van der Waals surface area (Å²) in [6, 6.07) is 12.6. The van der Waals surface area contributed by atoms with E-state index in [4.69, 9.17) is 9.92 Å². The highest BCUT2D eigenvalue weighted by Crippen LogP contribution is 2.24. The fraction of sp³-hybridized carbons (Fsp3) is 0.308. The molecular weight excluding hydrogens is 479 g/mol. The van der Waals surface area contributed by atoms with Gasteiger partial charge in [-0.2, -0.15) is 5.26 Å². The molecule has 0 spiro atoms. The summed E-state index contributed by atoms with van der Waals surface area (Å²) >= 11 is 0. The number of carbonyl (C=O) groups is 1. The van der Waals surface area contributed by atoms with Crippen LogP contribution in [0.4, 0.5) is 14.6 Å². The molecule has 0 fully saturated rings. The molecule has 0 aliphatic heterocycles. The minimum Gasteiger partial charge on any atom is -0.427 e. The van der Waals surface area contributed by atoms with Gasteiger partial charge in [-0.1, -0.05) is 35.8 Å². The fourth-order valence-corrected chi connectivity index (χ4v) is 2.91. The molecule has 0 aliphatic rings. The van der Waals surface area contributed by atoms with E-state index in [0.29, 0.717) is 12.1 Å². The average Bonchev–Trinajstić information content (AvgIpc) is 2.86. The second kappa shape index (κ2) is 11.5. The van der Waals surface area contributed by atoms with E-state index in [0.717, 1.165) is 23.2 Å². The second-order valence-corrected chi connectivity index (χ2v) is 9.40. The van der Waals surface area contributed by atoms with Crippen LogP contribution in [0.1, 0.15) is 55.0 Å². The van der Waals surface area contributed by atoms with Gasteiger partial charge in [0.05, 0.1) is 17.4 Å². The molecule has 37 heavy (non-hydrogen) atoms. The van der Waals surface area contributed by atoms with Crippen molar-refractivity contribution in [3.63, 3.8) is 0 Å². The number of hydrogen-bond donors (Lipinski definition) is 3. The van der Waals surface area contributed by atoms with Crippen molar-refractivity contribution in [3.05, 3.63) is 82.8 Å². The van der Waals surface area contributed by atoms with Crippen LogP contribution in [-0.4, -0.2) is 39.7 Å². The third-order valence-electron chi connectivity index (χ3n) is 5.94. The monoisotopic (exact) mass is 506 g/mol. The Kier molecular flexibility index (Phi) is 8.58. The van der Waals surface area contributed by atoms with E-state index in [9.17, 15) is 18.7 Å². The summed E-state index contributed by atoms with van der Waals surface area (Å²) in [5.74, 6) is -2.47. The van der Waals surface area contributed by atoms with Crippen molar-refractivity contribution in [1.82, 2.24) is 15.3 Å². The van der Waals surface area contributed by atoms with Crippen molar-refractivity contribution in [3.8, 4) is 6.07 Å². The number of nitrogens with zero attached hydrogens (tertiary/aromatic N) is 3. The van der Waals surface area contributed by atoms with Crippen LogP contribution < -0.4 is 16.1 Å². The Morgan fingerprint density at radius 2 is 1.76 bits per heavy atom. The molecule has 2 aromatic carbocycles. The third kappa shape index (κ3) is 7.32. The first kappa shape index (κ1) is 27.7. The third-order valence-corrected chi connectivity index (χ3v) is 5.94. The van der Waals surface area contributed by atoms with Crippen LogP contribution in [0.15, 0.2) is 48.7 Å². The zero-order valence-electron chi connectivity index (χ0n) is 21.0. The Labute approximate surface area is 215 Å². The zero-order valence-corrected chi connectivity index (χ0v) is 21.0. The van der Waals surface area contributed by atoms with E-state index in [1.54, 1.807) is 35.2 Å². The number of nitriles is 1. The summed E-state index contributed by atoms with van der Waals surface area (Å²) < 4.78 is 32.3. The van der Waals surface area contributed by atoms with Crippen LogP contribution in [0.3, 0.4) is 0 Å². The molecule has 191 valence electrons. The molecule has 0 atom stereocenters. The molecule has 8 nitrogen and oxygen atoms in total. The Morgan fingerprint density at radius 3 is 2.38 bits per heavy atom. The van der Waals surface area contributed by atoms with Crippen molar-refractivity contribution in [2.75, 3.05) is 5.32 Å². The molecule has 1 aromatic heterocycles. The maximum Gasteiger partial charge on any atom is 0.330 e. The lowest BCUT2D eigenvalue weighted by Gasteiger charge is -2.37. The molecule has 3 N–H and O–H groups in total. The second-order valence-electron chi connectivity index (χ2n) is 9.40. The summed E-state index contributed by atoms with van der Waals surface area (Å²) in [4.78, 5) is 21.0. The summed E-state index contributed by atoms with van der Waals surface area (Å²) in [6.45, 7) is 7.19. The van der Waals surface area contributed by atoms with Crippen LogP contribution in [0.25, 0.3) is 0 Å². The van der Waals surface area contributed by atoms with Gasteiger partial charge in [0.1, 0.15) is 6.07 Å². The highest BCUT2D eigenvalue weighted by Gasteiger charge is 2.35. The topological polar surface area (TPSA) is 120 Å². The SMILES string of the molecule is CC(C)(O)C(C)(C)O[B]c1ccc(CNc2ncc(C#N)nc2C(=O)NCc2ccc(F)c(F)c2)cc1. The highest BCUT2D eigenvalue weighted by atomic mass is 19.2. The first-order valence-electron chi connectivity index (χ1n) is 11.4. The molecule has 11 heteroatoms. The largest absolute Gasteiger partial charge is 0.427 e. The maximum absolute atomic E-state index is 13.4. The molecule has 0 saturated carbocycles. The van der Waals surface area contributed by atoms with E-state index in [1.807, 2.05) is 30.3 Å². The minimum absolute atomic E-state index is 0.0441. The predicted octanol–water partition coefficient (Wildman–Crippen LogP) is 2.98. The Morgan fingerprint density at radius 1 is 1.08 bits per heavy atom. The van der Waals surface area contributed by atoms with Gasteiger partial charge in [-0.25, -0.2) is 18.7 Å². The van der Waals surface area contributed by atoms with Gasteiger partial charge in [0.25, 0.3) is 5.91 Å². The van der Waals surface area contributed by atoms with Gasteiger partial charge >= 0.3 is 7.48 Å². The maximum atomic E-state index is 13.4. The molecule has 0 unspecified atom stereocenters. The van der Waals surface area contributed by atoms with Gasteiger partial charge in [-0.15, -0.1) is 0 Å². The van der Waals surface area contributed by atoms with E-state index in [-0.39, 0.29) is 23.8 Å². The molecule has 3 aromatic rings. The lowest BCUT2D eigenvalue weighted by atomic mass is 9.82. The molecule has 3 rings (SSSR count). The van der Waals surface area contributed by atoms with Gasteiger partial charge in [-0.3, -0.25) is 4.79 Å². The highest BCUT2D eigenvalue weighted by molar-refractivity contribution is 6.47. The van der Waals surface area contributed by atoms with E-state index in [1.165, 1.54) is 12.3 Å². The molecular formula is C26H27BF2N5O3. The number of halogens is 2. The summed E-state index contributed by atoms with van der Waals surface area (Å²) in [7, 11) is 1.58. The zero-order chi connectivity index (χ0) is 27.2. The summed E-state index contributed by atoms with van der Waals surface area (Å²) in [5, 5.41) is 25.0. The van der Waals surface area contributed by atoms with Crippen LogP contribution in [-0.2, 0) is 17.7 Å². The van der Waals surface area contributed by atoms with E-state index >= 15 is 0 Å². The molecule has 0 saturated heterocycles. The summed E-state index contributed by atoms with van der Waals surface area (Å²) in [5.41, 5.74) is 0.0665. The van der Waals surface area contributed by atoms with Gasteiger partial charge in [0.2, 0.25) is 0 Å². The van der Waals surface area contributed by atoms with E-state index < -0.39 is 28.7 Å². The van der Waals surface area contributed by atoms with Crippen LogP contribution in [0.5, 0.6) is 0 Å². The number of carbonyl (C=O) groups excluding carboxylic acids is 1. The smallest absolute Gasteiger partial charge is 0.330 e. The van der Waals surface area contributed by atoms with E-state index in [2.05, 4.69) is 20.6 Å². The molecule has 1 amide bonds. The van der Waals surface area contributed by atoms with Gasteiger partial charge in [0, 0.05) is 13.1 Å². The Hall–Kier alpha value is -3.88. The number of aliphatic hydroxyl groups is 1. The van der Waals surface area contributed by atoms with Crippen LogP contribution >= 0.6 is 0 Å². The van der Waals surface area contributed by atoms with Crippen LogP contribution in [0, 0.1) is 23.0 Å². The van der Waals surface area contributed by atoms with Crippen LogP contribution in [0.2, 0.25) is 0 Å². The van der Waals surface area contributed by atoms with Gasteiger partial charge in [0.15, 0.2) is 28.8 Å². The minimum atomic E-state index is -1.03. The number of rotatable bonds is 10. The number of aromatic nitrogens is 2. The number of nitrogens with one attached hydrogen (secondary N) is 2. The van der Waals surface area contributed by atoms with Crippen molar-refractivity contribution < 1.29 is 23.3 Å². The van der Waals surface area contributed by atoms with Crippen molar-refractivity contribution >= 4 is 24.7 Å². The molecule has 1 heterocycles. The molecule has 1 radical (unpaired) electrons. The first-order chi connectivity index (χ1) is 17.4. The number of anilines is 1.